The summed E-state index contributed by atoms with van der Waals surface area (Å²) in [7, 11) is 0. The van der Waals surface area contributed by atoms with Crippen molar-refractivity contribution in [2.24, 2.45) is 0 Å². The van der Waals surface area contributed by atoms with Crippen LogP contribution in [0.1, 0.15) is 128 Å². The van der Waals surface area contributed by atoms with Crippen LogP contribution in [0.25, 0.3) is 0 Å². The molecule has 2 heteroatoms. The monoisotopic (exact) mass is 368 g/mol. The number of rotatable bonds is 22. The van der Waals surface area contributed by atoms with E-state index in [0.29, 0.717) is 13.2 Å². The van der Waals surface area contributed by atoms with Crippen molar-refractivity contribution in [1.82, 2.24) is 0 Å². The molecule has 0 aromatic rings. The number of hydrogen-bond donors (Lipinski definition) is 2. The Bertz CT molecular complexity index is 263. The van der Waals surface area contributed by atoms with Crippen molar-refractivity contribution in [2.75, 3.05) is 13.2 Å². The number of unbranched alkanes of at least 4 members (excludes halogenated alkanes) is 18. The molecule has 0 atom stereocenters. The molecule has 156 valence electrons. The molecule has 26 heavy (non-hydrogen) atoms. The standard InChI is InChI=1S/C24H48O2/c25-23-21-19-17-15-13-11-9-7-5-3-1-2-4-6-8-10-12-14-16-18-20-22-24-26/h5,7,25-26H,1-4,6,8-24H2/b7-5-. The van der Waals surface area contributed by atoms with Gasteiger partial charge in [0, 0.05) is 13.2 Å². The molecular weight excluding hydrogens is 320 g/mol. The zero-order valence-electron chi connectivity index (χ0n) is 17.6. The first-order valence-electron chi connectivity index (χ1n) is 11.8. The molecule has 0 rings (SSSR count). The lowest BCUT2D eigenvalue weighted by molar-refractivity contribution is 0.282. The van der Waals surface area contributed by atoms with Crippen LogP contribution in [0.5, 0.6) is 0 Å². The maximum atomic E-state index is 8.72. The third-order valence-electron chi connectivity index (χ3n) is 5.22. The quantitative estimate of drug-likeness (QED) is 0.155. The average Bonchev–Trinajstić information content (AvgIpc) is 2.66. The molecule has 2 N–H and O–H groups in total. The van der Waals surface area contributed by atoms with Gasteiger partial charge in [-0.3, -0.25) is 0 Å². The van der Waals surface area contributed by atoms with E-state index in [1.54, 1.807) is 0 Å². The van der Waals surface area contributed by atoms with Gasteiger partial charge in [0.15, 0.2) is 0 Å². The number of aliphatic hydroxyl groups is 2. The molecule has 0 heterocycles. The van der Waals surface area contributed by atoms with Crippen LogP contribution in [0.4, 0.5) is 0 Å². The van der Waals surface area contributed by atoms with Crippen LogP contribution in [0.15, 0.2) is 12.2 Å². The molecule has 0 aliphatic carbocycles. The van der Waals surface area contributed by atoms with Gasteiger partial charge in [-0.15, -0.1) is 0 Å². The normalized spacial score (nSPS) is 11.6. The molecule has 0 saturated heterocycles. The van der Waals surface area contributed by atoms with E-state index in [4.69, 9.17) is 10.2 Å². The van der Waals surface area contributed by atoms with Gasteiger partial charge in [-0.2, -0.15) is 0 Å². The second-order valence-electron chi connectivity index (χ2n) is 7.86. The van der Waals surface area contributed by atoms with Crippen molar-refractivity contribution < 1.29 is 10.2 Å². The first-order chi connectivity index (χ1) is 12.9. The van der Waals surface area contributed by atoms with Crippen LogP contribution >= 0.6 is 0 Å². The summed E-state index contributed by atoms with van der Waals surface area (Å²) in [5.74, 6) is 0. The zero-order chi connectivity index (χ0) is 19.0. The highest BCUT2D eigenvalue weighted by molar-refractivity contribution is 4.81. The van der Waals surface area contributed by atoms with Crippen molar-refractivity contribution in [3.63, 3.8) is 0 Å². The summed E-state index contributed by atoms with van der Waals surface area (Å²) in [4.78, 5) is 0. The van der Waals surface area contributed by atoms with Gasteiger partial charge in [0.25, 0.3) is 0 Å². The minimum absolute atomic E-state index is 0.357. The van der Waals surface area contributed by atoms with Crippen molar-refractivity contribution in [2.45, 2.75) is 128 Å². The SMILES string of the molecule is OCCCCCCCC/C=C\CCCCCCCCCCCCCCO. The Labute approximate surface area is 164 Å². The minimum Gasteiger partial charge on any atom is -0.396 e. The lowest BCUT2D eigenvalue weighted by Gasteiger charge is -2.02. The van der Waals surface area contributed by atoms with E-state index in [1.165, 1.54) is 116 Å². The molecule has 0 fully saturated rings. The molecule has 0 aromatic heterocycles. The van der Waals surface area contributed by atoms with Gasteiger partial charge in [0.1, 0.15) is 0 Å². The molecule has 0 saturated carbocycles. The molecule has 0 aromatic carbocycles. The largest absolute Gasteiger partial charge is 0.396 e. The van der Waals surface area contributed by atoms with Gasteiger partial charge >= 0.3 is 0 Å². The van der Waals surface area contributed by atoms with Gasteiger partial charge in [-0.05, 0) is 38.5 Å². The van der Waals surface area contributed by atoms with Gasteiger partial charge < -0.3 is 10.2 Å². The van der Waals surface area contributed by atoms with Crippen LogP contribution in [0, 0.1) is 0 Å². The Morgan fingerprint density at radius 2 is 0.538 bits per heavy atom. The summed E-state index contributed by atoms with van der Waals surface area (Å²) in [6.45, 7) is 0.720. The van der Waals surface area contributed by atoms with Crippen LogP contribution in [-0.2, 0) is 0 Å². The second kappa shape index (κ2) is 24.7. The Morgan fingerprint density at radius 1 is 0.308 bits per heavy atom. The first kappa shape index (κ1) is 25.7. The number of allylic oxidation sites excluding steroid dienone is 2. The fraction of sp³-hybridized carbons (Fsp3) is 0.917. The smallest absolute Gasteiger partial charge is 0.0431 e. The summed E-state index contributed by atoms with van der Waals surface area (Å²) < 4.78 is 0. The zero-order valence-corrected chi connectivity index (χ0v) is 17.6. The van der Waals surface area contributed by atoms with Crippen molar-refractivity contribution in [3.05, 3.63) is 12.2 Å². The van der Waals surface area contributed by atoms with E-state index >= 15 is 0 Å². The lowest BCUT2D eigenvalue weighted by Crippen LogP contribution is -1.84. The molecule has 0 aliphatic heterocycles. The fourth-order valence-corrected chi connectivity index (χ4v) is 3.46. The summed E-state index contributed by atoms with van der Waals surface area (Å²) in [5.41, 5.74) is 0. The third kappa shape index (κ3) is 23.7. The Balaban J connectivity index is 3.04. The van der Waals surface area contributed by atoms with Gasteiger partial charge in [-0.25, -0.2) is 0 Å². The van der Waals surface area contributed by atoms with Crippen molar-refractivity contribution in [3.8, 4) is 0 Å². The third-order valence-corrected chi connectivity index (χ3v) is 5.22. The molecular formula is C24H48O2. The molecule has 0 amide bonds. The first-order valence-corrected chi connectivity index (χ1v) is 11.8. The van der Waals surface area contributed by atoms with Crippen LogP contribution in [0.2, 0.25) is 0 Å². The summed E-state index contributed by atoms with van der Waals surface area (Å²) >= 11 is 0. The number of aliphatic hydroxyl groups excluding tert-OH is 2. The highest BCUT2D eigenvalue weighted by atomic mass is 16.3. The Morgan fingerprint density at radius 3 is 0.808 bits per heavy atom. The predicted molar refractivity (Wildman–Crippen MR) is 116 cm³/mol. The van der Waals surface area contributed by atoms with E-state index in [0.717, 1.165) is 12.8 Å². The van der Waals surface area contributed by atoms with Crippen molar-refractivity contribution in [1.29, 1.82) is 0 Å². The number of hydrogen-bond acceptors (Lipinski definition) is 2. The van der Waals surface area contributed by atoms with E-state index in [-0.39, 0.29) is 0 Å². The molecule has 2 nitrogen and oxygen atoms in total. The average molecular weight is 369 g/mol. The van der Waals surface area contributed by atoms with Crippen LogP contribution in [0.3, 0.4) is 0 Å². The van der Waals surface area contributed by atoms with E-state index in [2.05, 4.69) is 12.2 Å². The second-order valence-corrected chi connectivity index (χ2v) is 7.86. The highest BCUT2D eigenvalue weighted by Gasteiger charge is 1.94. The van der Waals surface area contributed by atoms with Gasteiger partial charge in [-0.1, -0.05) is 102 Å². The van der Waals surface area contributed by atoms with E-state index in [1.807, 2.05) is 0 Å². The molecule has 0 radical (unpaired) electrons. The molecule has 0 unspecified atom stereocenters. The maximum Gasteiger partial charge on any atom is 0.0431 e. The molecule has 0 aliphatic rings. The van der Waals surface area contributed by atoms with Crippen LogP contribution < -0.4 is 0 Å². The van der Waals surface area contributed by atoms with Crippen LogP contribution in [-0.4, -0.2) is 23.4 Å². The molecule has 0 spiro atoms. The summed E-state index contributed by atoms with van der Waals surface area (Å²) in [5, 5.41) is 17.4. The van der Waals surface area contributed by atoms with Crippen molar-refractivity contribution >= 4 is 0 Å². The summed E-state index contributed by atoms with van der Waals surface area (Å²) in [6.07, 6.45) is 30.8. The minimum atomic E-state index is 0.357. The Hall–Kier alpha value is -0.340. The highest BCUT2D eigenvalue weighted by Crippen LogP contribution is 2.13. The van der Waals surface area contributed by atoms with E-state index in [9.17, 15) is 0 Å². The topological polar surface area (TPSA) is 40.5 Å². The van der Waals surface area contributed by atoms with Gasteiger partial charge in [0.05, 0.1) is 0 Å². The maximum absolute atomic E-state index is 8.72. The predicted octanol–water partition coefficient (Wildman–Crippen LogP) is 7.33. The lowest BCUT2D eigenvalue weighted by atomic mass is 10.0. The fourth-order valence-electron chi connectivity index (χ4n) is 3.46. The van der Waals surface area contributed by atoms with E-state index < -0.39 is 0 Å². The Kier molecular flexibility index (Phi) is 24.3. The summed E-state index contributed by atoms with van der Waals surface area (Å²) in [6, 6.07) is 0. The molecule has 0 bridgehead atoms. The van der Waals surface area contributed by atoms with Gasteiger partial charge in [0.2, 0.25) is 0 Å².